The SMILES string of the molecule is Cc1nnn2c1-c1ccc(C3=CCNCC3)cc1C(Nc1ccc3cc[nH]c3c1)CC2. The van der Waals surface area contributed by atoms with Crippen LogP contribution in [0.4, 0.5) is 5.69 Å². The summed E-state index contributed by atoms with van der Waals surface area (Å²) < 4.78 is 2.06. The third-order valence-electron chi connectivity index (χ3n) is 6.55. The maximum atomic E-state index is 4.42. The number of nitrogens with zero attached hydrogens (tertiary/aromatic N) is 3. The number of H-pyrrole nitrogens is 1. The maximum Gasteiger partial charge on any atom is 0.0918 e. The lowest BCUT2D eigenvalue weighted by Crippen LogP contribution is -2.20. The Balaban J connectivity index is 1.45. The van der Waals surface area contributed by atoms with Crippen molar-refractivity contribution in [2.75, 3.05) is 18.4 Å². The first-order valence-corrected chi connectivity index (χ1v) is 11.0. The fourth-order valence-corrected chi connectivity index (χ4v) is 4.94. The van der Waals surface area contributed by atoms with Crippen LogP contribution in [0, 0.1) is 6.92 Å². The zero-order valence-corrected chi connectivity index (χ0v) is 17.7. The number of hydrogen-bond donors (Lipinski definition) is 3. The summed E-state index contributed by atoms with van der Waals surface area (Å²) in [5, 5.41) is 17.2. The molecular formula is C25H26N6. The van der Waals surface area contributed by atoms with E-state index < -0.39 is 0 Å². The van der Waals surface area contributed by atoms with E-state index in [0.29, 0.717) is 0 Å². The lowest BCUT2D eigenvalue weighted by atomic mass is 9.90. The average molecular weight is 411 g/mol. The van der Waals surface area contributed by atoms with E-state index in [9.17, 15) is 0 Å². The van der Waals surface area contributed by atoms with E-state index in [4.69, 9.17) is 0 Å². The van der Waals surface area contributed by atoms with Gasteiger partial charge in [-0.05, 0) is 72.7 Å². The number of hydrogen-bond acceptors (Lipinski definition) is 4. The molecule has 2 aliphatic rings. The van der Waals surface area contributed by atoms with Crippen LogP contribution in [-0.4, -0.2) is 33.1 Å². The fraction of sp³-hybridized carbons (Fsp3) is 0.280. The monoisotopic (exact) mass is 410 g/mol. The lowest BCUT2D eigenvalue weighted by molar-refractivity contribution is 0.539. The minimum absolute atomic E-state index is 0.200. The Hall–Kier alpha value is -3.38. The molecule has 1 atom stereocenters. The number of nitrogens with one attached hydrogen (secondary N) is 3. The largest absolute Gasteiger partial charge is 0.378 e. The molecule has 4 heterocycles. The topological polar surface area (TPSA) is 70.6 Å². The van der Waals surface area contributed by atoms with Crippen molar-refractivity contribution in [3.05, 3.63) is 71.6 Å². The Labute approximate surface area is 181 Å². The van der Waals surface area contributed by atoms with Crippen LogP contribution in [0.15, 0.2) is 54.7 Å². The molecular weight excluding hydrogens is 384 g/mol. The summed E-state index contributed by atoms with van der Waals surface area (Å²) in [4.78, 5) is 3.32. The fourth-order valence-electron chi connectivity index (χ4n) is 4.94. The third kappa shape index (κ3) is 3.24. The zero-order valence-electron chi connectivity index (χ0n) is 17.7. The van der Waals surface area contributed by atoms with Gasteiger partial charge in [0.25, 0.3) is 0 Å². The van der Waals surface area contributed by atoms with E-state index in [-0.39, 0.29) is 6.04 Å². The highest BCUT2D eigenvalue weighted by molar-refractivity contribution is 5.83. The molecule has 6 heteroatoms. The molecule has 0 radical (unpaired) electrons. The van der Waals surface area contributed by atoms with Gasteiger partial charge < -0.3 is 15.6 Å². The number of rotatable bonds is 3. The van der Waals surface area contributed by atoms with Crippen LogP contribution in [0.1, 0.15) is 35.7 Å². The van der Waals surface area contributed by atoms with E-state index in [1.165, 1.54) is 27.6 Å². The summed E-state index contributed by atoms with van der Waals surface area (Å²) in [6, 6.07) is 15.8. The molecule has 0 saturated carbocycles. The standard InChI is InChI=1S/C25H26N6/c1-16-25-21-5-3-19(17-6-10-26-11-7-17)14-22(21)23(9-13-31(25)30-29-16)28-20-4-2-18-8-12-27-24(18)15-20/h2-6,8,12,14-15,23,26-28H,7,9-11,13H2,1H3. The van der Waals surface area contributed by atoms with Crippen molar-refractivity contribution in [2.45, 2.75) is 32.4 Å². The van der Waals surface area contributed by atoms with Crippen molar-refractivity contribution in [2.24, 2.45) is 0 Å². The summed E-state index contributed by atoms with van der Waals surface area (Å²) in [7, 11) is 0. The summed E-state index contributed by atoms with van der Waals surface area (Å²) in [5.41, 5.74) is 9.73. The molecule has 1 unspecified atom stereocenters. The van der Waals surface area contributed by atoms with Crippen molar-refractivity contribution >= 4 is 22.2 Å². The van der Waals surface area contributed by atoms with Gasteiger partial charge in [0.1, 0.15) is 0 Å². The van der Waals surface area contributed by atoms with E-state index in [2.05, 4.69) is 86.1 Å². The molecule has 6 nitrogen and oxygen atoms in total. The predicted octanol–water partition coefficient (Wildman–Crippen LogP) is 4.67. The molecule has 0 saturated heterocycles. The molecule has 0 amide bonds. The van der Waals surface area contributed by atoms with E-state index >= 15 is 0 Å². The highest BCUT2D eigenvalue weighted by Gasteiger charge is 2.26. The van der Waals surface area contributed by atoms with Crippen LogP contribution in [0.2, 0.25) is 0 Å². The Kier molecular flexibility index (Phi) is 4.39. The van der Waals surface area contributed by atoms with E-state index in [0.717, 1.165) is 55.1 Å². The second kappa shape index (κ2) is 7.39. The minimum Gasteiger partial charge on any atom is -0.378 e. The molecule has 0 bridgehead atoms. The smallest absolute Gasteiger partial charge is 0.0918 e. The number of aromatic nitrogens is 4. The van der Waals surface area contributed by atoms with Crippen LogP contribution in [0.25, 0.3) is 27.7 Å². The van der Waals surface area contributed by atoms with Crippen molar-refractivity contribution in [1.82, 2.24) is 25.3 Å². The van der Waals surface area contributed by atoms with Crippen molar-refractivity contribution < 1.29 is 0 Å². The van der Waals surface area contributed by atoms with Crippen LogP contribution >= 0.6 is 0 Å². The molecule has 2 aliphatic heterocycles. The van der Waals surface area contributed by atoms with Gasteiger partial charge in [-0.25, -0.2) is 4.68 Å². The molecule has 0 spiro atoms. The normalized spacial score (nSPS) is 18.2. The molecule has 3 N–H and O–H groups in total. The van der Waals surface area contributed by atoms with Gasteiger partial charge in [-0.2, -0.15) is 0 Å². The van der Waals surface area contributed by atoms with Gasteiger partial charge in [0.05, 0.1) is 17.4 Å². The highest BCUT2D eigenvalue weighted by atomic mass is 15.4. The molecule has 156 valence electrons. The summed E-state index contributed by atoms with van der Waals surface area (Å²) >= 11 is 0. The van der Waals surface area contributed by atoms with Gasteiger partial charge >= 0.3 is 0 Å². The van der Waals surface area contributed by atoms with Crippen molar-refractivity contribution in [1.29, 1.82) is 0 Å². The minimum atomic E-state index is 0.200. The first kappa shape index (κ1) is 18.4. The van der Waals surface area contributed by atoms with Crippen molar-refractivity contribution in [3.8, 4) is 11.3 Å². The summed E-state index contributed by atoms with van der Waals surface area (Å²) in [6.07, 6.45) is 6.33. The van der Waals surface area contributed by atoms with Crippen LogP contribution in [-0.2, 0) is 6.54 Å². The Morgan fingerprint density at radius 3 is 3.00 bits per heavy atom. The molecule has 2 aromatic carbocycles. The Morgan fingerprint density at radius 1 is 1.13 bits per heavy atom. The number of aryl methyl sites for hydroxylation is 2. The van der Waals surface area contributed by atoms with Gasteiger partial charge in [0.2, 0.25) is 0 Å². The average Bonchev–Trinajstić information content (AvgIpc) is 3.39. The Morgan fingerprint density at radius 2 is 2.10 bits per heavy atom. The predicted molar refractivity (Wildman–Crippen MR) is 125 cm³/mol. The van der Waals surface area contributed by atoms with Gasteiger partial charge in [-0.15, -0.1) is 5.10 Å². The maximum absolute atomic E-state index is 4.42. The number of fused-ring (bicyclic) bond motifs is 4. The van der Waals surface area contributed by atoms with Crippen LogP contribution < -0.4 is 10.6 Å². The van der Waals surface area contributed by atoms with Gasteiger partial charge in [0, 0.05) is 36.1 Å². The highest BCUT2D eigenvalue weighted by Crippen LogP contribution is 2.39. The third-order valence-corrected chi connectivity index (χ3v) is 6.55. The summed E-state index contributed by atoms with van der Waals surface area (Å²) in [5.74, 6) is 0. The van der Waals surface area contributed by atoms with Gasteiger partial charge in [0.15, 0.2) is 0 Å². The quantitative estimate of drug-likeness (QED) is 0.459. The Bertz CT molecular complexity index is 1290. The molecule has 31 heavy (non-hydrogen) atoms. The molecule has 0 aliphatic carbocycles. The number of aromatic amines is 1. The van der Waals surface area contributed by atoms with Gasteiger partial charge in [-0.1, -0.05) is 29.5 Å². The van der Waals surface area contributed by atoms with E-state index in [1.807, 2.05) is 6.20 Å². The van der Waals surface area contributed by atoms with E-state index in [1.54, 1.807) is 0 Å². The molecule has 0 fully saturated rings. The second-order valence-electron chi connectivity index (χ2n) is 8.50. The first-order chi connectivity index (χ1) is 15.3. The lowest BCUT2D eigenvalue weighted by Gasteiger charge is -2.22. The van der Waals surface area contributed by atoms with Crippen LogP contribution in [0.3, 0.4) is 0 Å². The summed E-state index contributed by atoms with van der Waals surface area (Å²) in [6.45, 7) is 4.88. The van der Waals surface area contributed by atoms with Crippen LogP contribution in [0.5, 0.6) is 0 Å². The second-order valence-corrected chi connectivity index (χ2v) is 8.50. The van der Waals surface area contributed by atoms with Crippen molar-refractivity contribution in [3.63, 3.8) is 0 Å². The van der Waals surface area contributed by atoms with Gasteiger partial charge in [-0.3, -0.25) is 0 Å². The number of benzene rings is 2. The zero-order chi connectivity index (χ0) is 20.8. The molecule has 2 aromatic heterocycles. The number of anilines is 1. The molecule has 4 aromatic rings. The molecule has 6 rings (SSSR count). The first-order valence-electron chi connectivity index (χ1n) is 11.0.